The highest BCUT2D eigenvalue weighted by molar-refractivity contribution is 5.92. The van der Waals surface area contributed by atoms with E-state index in [0.29, 0.717) is 24.8 Å². The quantitative estimate of drug-likeness (QED) is 0.828. The molecule has 0 bridgehead atoms. The van der Waals surface area contributed by atoms with Crippen LogP contribution in [0.2, 0.25) is 0 Å². The first-order chi connectivity index (χ1) is 8.16. The third-order valence-electron chi connectivity index (χ3n) is 2.61. The van der Waals surface area contributed by atoms with Gasteiger partial charge in [-0.3, -0.25) is 4.79 Å². The molecule has 0 radical (unpaired) electrons. The van der Waals surface area contributed by atoms with Crippen molar-refractivity contribution < 1.29 is 9.53 Å². The number of carbonyl (C=O) groups excluding carboxylic acids is 1. The maximum absolute atomic E-state index is 11.8. The van der Waals surface area contributed by atoms with E-state index in [0.717, 1.165) is 6.42 Å². The molecule has 1 atom stereocenters. The standard InChI is InChI=1S/C11H16N4O2/c1-15(2)11-12-5-9(6-13-11)14-10(16)8-3-4-17-7-8/h5-6,8H,3-4,7H2,1-2H3,(H,14,16). The zero-order valence-electron chi connectivity index (χ0n) is 10.0. The Morgan fingerprint density at radius 1 is 1.47 bits per heavy atom. The molecule has 1 aromatic heterocycles. The first kappa shape index (κ1) is 11.8. The Bertz CT molecular complexity index is 385. The molecule has 0 spiro atoms. The normalized spacial score (nSPS) is 19.1. The Balaban J connectivity index is 1.96. The van der Waals surface area contributed by atoms with E-state index in [1.807, 2.05) is 14.1 Å². The first-order valence-electron chi connectivity index (χ1n) is 5.55. The summed E-state index contributed by atoms with van der Waals surface area (Å²) in [5.74, 6) is 0.541. The van der Waals surface area contributed by atoms with Crippen molar-refractivity contribution in [1.82, 2.24) is 9.97 Å². The lowest BCUT2D eigenvalue weighted by molar-refractivity contribution is -0.119. The third-order valence-corrected chi connectivity index (χ3v) is 2.61. The summed E-state index contributed by atoms with van der Waals surface area (Å²) in [5, 5.41) is 2.79. The van der Waals surface area contributed by atoms with Gasteiger partial charge in [0.2, 0.25) is 11.9 Å². The molecule has 2 heterocycles. The highest BCUT2D eigenvalue weighted by Gasteiger charge is 2.23. The molecule has 1 unspecified atom stereocenters. The summed E-state index contributed by atoms with van der Waals surface area (Å²) >= 11 is 0. The van der Waals surface area contributed by atoms with Crippen molar-refractivity contribution in [2.45, 2.75) is 6.42 Å². The molecule has 1 fully saturated rings. The number of nitrogens with zero attached hydrogens (tertiary/aromatic N) is 3. The Hall–Kier alpha value is -1.69. The fourth-order valence-corrected chi connectivity index (χ4v) is 1.60. The number of anilines is 2. The molecular weight excluding hydrogens is 220 g/mol. The van der Waals surface area contributed by atoms with Gasteiger partial charge in [0.25, 0.3) is 0 Å². The van der Waals surface area contributed by atoms with Crippen molar-refractivity contribution in [2.75, 3.05) is 37.5 Å². The molecule has 0 aliphatic carbocycles. The highest BCUT2D eigenvalue weighted by atomic mass is 16.5. The second kappa shape index (κ2) is 5.09. The van der Waals surface area contributed by atoms with Crippen LogP contribution in [0.4, 0.5) is 11.6 Å². The van der Waals surface area contributed by atoms with Crippen LogP contribution < -0.4 is 10.2 Å². The Morgan fingerprint density at radius 2 is 2.18 bits per heavy atom. The average molecular weight is 236 g/mol. The van der Waals surface area contributed by atoms with Gasteiger partial charge in [0, 0.05) is 20.7 Å². The van der Waals surface area contributed by atoms with Gasteiger partial charge in [-0.1, -0.05) is 0 Å². The van der Waals surface area contributed by atoms with E-state index < -0.39 is 0 Å². The molecule has 0 saturated carbocycles. The topological polar surface area (TPSA) is 67.4 Å². The fraction of sp³-hybridized carbons (Fsp3) is 0.545. The lowest BCUT2D eigenvalue weighted by Crippen LogP contribution is -2.23. The summed E-state index contributed by atoms with van der Waals surface area (Å²) in [6.45, 7) is 1.16. The summed E-state index contributed by atoms with van der Waals surface area (Å²) in [6.07, 6.45) is 3.99. The van der Waals surface area contributed by atoms with E-state index in [-0.39, 0.29) is 11.8 Å². The van der Waals surface area contributed by atoms with Crippen LogP contribution >= 0.6 is 0 Å². The van der Waals surface area contributed by atoms with Gasteiger partial charge in [0.05, 0.1) is 30.6 Å². The largest absolute Gasteiger partial charge is 0.381 e. The van der Waals surface area contributed by atoms with E-state index in [2.05, 4.69) is 15.3 Å². The Kier molecular flexibility index (Phi) is 3.53. The van der Waals surface area contributed by atoms with Crippen molar-refractivity contribution in [1.29, 1.82) is 0 Å². The van der Waals surface area contributed by atoms with Crippen molar-refractivity contribution in [3.63, 3.8) is 0 Å². The number of nitrogens with one attached hydrogen (secondary N) is 1. The van der Waals surface area contributed by atoms with Crippen molar-refractivity contribution in [3.8, 4) is 0 Å². The van der Waals surface area contributed by atoms with Gasteiger partial charge in [-0.15, -0.1) is 0 Å². The Morgan fingerprint density at radius 3 is 2.71 bits per heavy atom. The monoisotopic (exact) mass is 236 g/mol. The van der Waals surface area contributed by atoms with Crippen LogP contribution in [-0.2, 0) is 9.53 Å². The first-order valence-corrected chi connectivity index (χ1v) is 5.55. The summed E-state index contributed by atoms with van der Waals surface area (Å²) in [6, 6.07) is 0. The summed E-state index contributed by atoms with van der Waals surface area (Å²) < 4.78 is 5.17. The molecule has 6 nitrogen and oxygen atoms in total. The molecule has 0 aromatic carbocycles. The number of hydrogen-bond acceptors (Lipinski definition) is 5. The number of carbonyl (C=O) groups is 1. The molecule has 2 rings (SSSR count). The van der Waals surface area contributed by atoms with Gasteiger partial charge in [-0.05, 0) is 6.42 Å². The zero-order valence-corrected chi connectivity index (χ0v) is 10.0. The average Bonchev–Trinajstić information content (AvgIpc) is 2.83. The van der Waals surface area contributed by atoms with Crippen LogP contribution in [0.25, 0.3) is 0 Å². The minimum absolute atomic E-state index is 0.0243. The summed E-state index contributed by atoms with van der Waals surface area (Å²) in [4.78, 5) is 21.8. The molecule has 92 valence electrons. The Labute approximate surface area is 100 Å². The van der Waals surface area contributed by atoms with E-state index in [1.54, 1.807) is 17.3 Å². The smallest absolute Gasteiger partial charge is 0.229 e. The van der Waals surface area contributed by atoms with Crippen LogP contribution in [-0.4, -0.2) is 43.2 Å². The van der Waals surface area contributed by atoms with Crippen LogP contribution in [0.5, 0.6) is 0 Å². The van der Waals surface area contributed by atoms with Gasteiger partial charge in [-0.2, -0.15) is 0 Å². The van der Waals surface area contributed by atoms with Gasteiger partial charge in [0.15, 0.2) is 0 Å². The van der Waals surface area contributed by atoms with Crippen molar-refractivity contribution in [3.05, 3.63) is 12.4 Å². The second-order valence-corrected chi connectivity index (χ2v) is 4.22. The van der Waals surface area contributed by atoms with E-state index in [4.69, 9.17) is 4.74 Å². The molecule has 1 aliphatic heterocycles. The molecule has 17 heavy (non-hydrogen) atoms. The zero-order chi connectivity index (χ0) is 12.3. The van der Waals surface area contributed by atoms with E-state index in [9.17, 15) is 4.79 Å². The summed E-state index contributed by atoms with van der Waals surface area (Å²) in [5.41, 5.74) is 0.618. The number of amides is 1. The minimum atomic E-state index is -0.0523. The molecule has 1 saturated heterocycles. The van der Waals surface area contributed by atoms with Crippen LogP contribution in [0.1, 0.15) is 6.42 Å². The maximum atomic E-state index is 11.8. The lowest BCUT2D eigenvalue weighted by Gasteiger charge is -2.11. The van der Waals surface area contributed by atoms with E-state index in [1.165, 1.54) is 0 Å². The number of ether oxygens (including phenoxy) is 1. The lowest BCUT2D eigenvalue weighted by atomic mass is 10.1. The number of aromatic nitrogens is 2. The second-order valence-electron chi connectivity index (χ2n) is 4.22. The van der Waals surface area contributed by atoms with Crippen LogP contribution in [0, 0.1) is 5.92 Å². The predicted molar refractivity (Wildman–Crippen MR) is 63.9 cm³/mol. The van der Waals surface area contributed by atoms with Gasteiger partial charge >= 0.3 is 0 Å². The van der Waals surface area contributed by atoms with Crippen LogP contribution in [0.3, 0.4) is 0 Å². The number of hydrogen-bond donors (Lipinski definition) is 1. The third kappa shape index (κ3) is 2.91. The number of rotatable bonds is 3. The van der Waals surface area contributed by atoms with E-state index >= 15 is 0 Å². The molecular formula is C11H16N4O2. The van der Waals surface area contributed by atoms with Crippen molar-refractivity contribution in [2.24, 2.45) is 5.92 Å². The molecule has 1 amide bonds. The fourth-order valence-electron chi connectivity index (χ4n) is 1.60. The van der Waals surface area contributed by atoms with Gasteiger partial charge in [-0.25, -0.2) is 9.97 Å². The molecule has 1 N–H and O–H groups in total. The highest BCUT2D eigenvalue weighted by Crippen LogP contribution is 2.15. The molecule has 6 heteroatoms. The molecule has 1 aliphatic rings. The summed E-state index contributed by atoms with van der Waals surface area (Å²) in [7, 11) is 3.73. The van der Waals surface area contributed by atoms with Gasteiger partial charge < -0.3 is 15.0 Å². The maximum Gasteiger partial charge on any atom is 0.229 e. The predicted octanol–water partition coefficient (Wildman–Crippen LogP) is 0.518. The SMILES string of the molecule is CN(C)c1ncc(NC(=O)C2CCOC2)cn1. The van der Waals surface area contributed by atoms with Crippen LogP contribution in [0.15, 0.2) is 12.4 Å². The minimum Gasteiger partial charge on any atom is -0.381 e. The molecule has 1 aromatic rings. The van der Waals surface area contributed by atoms with Gasteiger partial charge in [0.1, 0.15) is 0 Å². The van der Waals surface area contributed by atoms with Crippen molar-refractivity contribution >= 4 is 17.5 Å².